The summed E-state index contributed by atoms with van der Waals surface area (Å²) in [5.74, 6) is -4.90. The van der Waals surface area contributed by atoms with E-state index in [0.29, 0.717) is 51.4 Å². The van der Waals surface area contributed by atoms with Crippen molar-refractivity contribution < 1.29 is 104 Å². The third kappa shape index (κ3) is 64.0. The van der Waals surface area contributed by atoms with Gasteiger partial charge in [0.25, 0.3) is 11.8 Å². The van der Waals surface area contributed by atoms with Crippen LogP contribution >= 0.6 is 15.6 Å². The number of carbonyl (C=O) groups excluding carboxylic acids is 6. The molecule has 0 aromatic rings. The molecule has 0 radical (unpaired) electrons. The Kier molecular flexibility index (Phi) is 67.6. The Bertz CT molecular complexity index is 2550. The van der Waals surface area contributed by atoms with Gasteiger partial charge in [0.05, 0.1) is 76.8 Å². The molecule has 662 valence electrons. The molecular weight excluding hydrogens is 1490 g/mol. The van der Waals surface area contributed by atoms with Crippen molar-refractivity contribution >= 4 is 51.2 Å². The lowest BCUT2D eigenvalue weighted by Gasteiger charge is -2.23. The molecule has 1 heterocycles. The molecule has 0 bridgehead atoms. The Morgan fingerprint density at radius 3 is 1.03 bits per heavy atom. The van der Waals surface area contributed by atoms with Gasteiger partial charge >= 0.3 is 27.6 Å². The first-order valence-electron chi connectivity index (χ1n) is 44.4. The van der Waals surface area contributed by atoms with Crippen LogP contribution < -0.4 is 21.3 Å². The normalized spacial score (nSPS) is 17.0. The van der Waals surface area contributed by atoms with Gasteiger partial charge in [-0.3, -0.25) is 46.9 Å². The lowest BCUT2D eigenvalue weighted by molar-refractivity contribution is -0.159. The quantitative estimate of drug-likeness (QED) is 0.0121. The molecule has 0 aliphatic carbocycles. The van der Waals surface area contributed by atoms with E-state index in [0.717, 1.165) is 167 Å². The summed E-state index contributed by atoms with van der Waals surface area (Å²) in [7, 11) is -9.75. The zero-order chi connectivity index (χ0) is 83.3. The molecule has 28 heteroatoms. The molecule has 1 aliphatic rings. The van der Waals surface area contributed by atoms with Gasteiger partial charge in [-0.25, -0.2) is 9.13 Å². The van der Waals surface area contributed by atoms with Gasteiger partial charge in [-0.2, -0.15) is 0 Å². The number of carbonyl (C=O) groups is 6. The molecule has 1 fully saturated rings. The Morgan fingerprint density at radius 2 is 0.690 bits per heavy atom. The molecule has 1 aliphatic heterocycles. The van der Waals surface area contributed by atoms with Crippen molar-refractivity contribution in [2.24, 2.45) is 0 Å². The number of esters is 2. The average Bonchev–Trinajstić information content (AvgIpc) is 1.66. The number of nitrogens with one attached hydrogen (secondary N) is 4. The first kappa shape index (κ1) is 107. The third-order valence-electron chi connectivity index (χ3n) is 19.6. The van der Waals surface area contributed by atoms with E-state index in [-0.39, 0.29) is 71.2 Å². The van der Waals surface area contributed by atoms with Crippen molar-refractivity contribution in [2.75, 3.05) is 65.9 Å². The highest BCUT2D eigenvalue weighted by atomic mass is 31.2. The van der Waals surface area contributed by atoms with Gasteiger partial charge in [0.1, 0.15) is 12.2 Å². The summed E-state index contributed by atoms with van der Waals surface area (Å²) in [6.45, 7) is 12.9. The van der Waals surface area contributed by atoms with Gasteiger partial charge in [0.2, 0.25) is 11.8 Å². The summed E-state index contributed by atoms with van der Waals surface area (Å²) >= 11 is 0. The number of hydrogen-bond donors (Lipinski definition) is 8. The molecule has 26 nitrogen and oxygen atoms in total. The minimum atomic E-state index is -4.88. The van der Waals surface area contributed by atoms with Crippen LogP contribution in [0.25, 0.3) is 0 Å². The first-order valence-corrected chi connectivity index (χ1v) is 47.3. The van der Waals surface area contributed by atoms with Crippen LogP contribution in [0.1, 0.15) is 364 Å². The molecule has 1 rings (SSSR count). The minimum absolute atomic E-state index is 0.132. The average molecular weight is 1650 g/mol. The fourth-order valence-corrected chi connectivity index (χ4v) is 14.5. The first-order chi connectivity index (χ1) is 54.4. The van der Waals surface area contributed by atoms with E-state index in [4.69, 9.17) is 46.5 Å². The monoisotopic (exact) mass is 1650 g/mol. The van der Waals surface area contributed by atoms with E-state index in [2.05, 4.69) is 87.1 Å². The highest BCUT2D eigenvalue weighted by Crippen LogP contribution is 2.44. The smallest absolute Gasteiger partial charge is 0.462 e. The summed E-state index contributed by atoms with van der Waals surface area (Å²) in [6.07, 6.45) is 45.0. The molecule has 0 aromatic carbocycles. The summed E-state index contributed by atoms with van der Waals surface area (Å²) in [6, 6.07) is -1.97. The van der Waals surface area contributed by atoms with Crippen LogP contribution in [0.5, 0.6) is 0 Å². The lowest BCUT2D eigenvalue weighted by Crippen LogP contribution is -2.48. The molecule has 8 N–H and O–H groups in total. The predicted molar refractivity (Wildman–Crippen MR) is 445 cm³/mol. The second-order valence-electron chi connectivity index (χ2n) is 31.1. The van der Waals surface area contributed by atoms with E-state index in [9.17, 15) is 57.9 Å². The molecular formula is C85H160N4O22P2. The summed E-state index contributed by atoms with van der Waals surface area (Å²) in [5.41, 5.74) is 0. The van der Waals surface area contributed by atoms with Crippen molar-refractivity contribution in [3.05, 3.63) is 24.3 Å². The fourth-order valence-electron chi connectivity index (χ4n) is 13.0. The van der Waals surface area contributed by atoms with Crippen molar-refractivity contribution in [3.63, 3.8) is 0 Å². The second kappa shape index (κ2) is 71.2. The van der Waals surface area contributed by atoms with E-state index in [1.807, 2.05) is 0 Å². The topological polar surface area (TPSA) is 358 Å². The SMILES string of the molecule is CCCCCC/C=C/CCCC(=O)O[C@H](CCCCCCC)CC(=O)NC(COCC[C@H](O)CCCCCCC)COP(=O)(O)OCCNC(=O)C1OC(C)(C)OC1C(=O)NCCOP(=O)(O)OCC(COCC[C@H](O)CCCCCCC)NC(=O)C[C@@H](CCCCCCCCCCC)OC(=O)CCC/C=C/CCCCCC. The van der Waals surface area contributed by atoms with Gasteiger partial charge < -0.3 is 69.7 Å². The maximum Gasteiger partial charge on any atom is 0.472 e. The van der Waals surface area contributed by atoms with Crippen molar-refractivity contribution in [3.8, 4) is 0 Å². The van der Waals surface area contributed by atoms with E-state index in [1.54, 1.807) is 0 Å². The predicted octanol–water partition coefficient (Wildman–Crippen LogP) is 17.5. The van der Waals surface area contributed by atoms with Crippen LogP contribution in [0.2, 0.25) is 0 Å². The largest absolute Gasteiger partial charge is 0.472 e. The Labute approximate surface area is 682 Å². The third-order valence-corrected chi connectivity index (χ3v) is 21.6. The maximum absolute atomic E-state index is 13.9. The fraction of sp³-hybridized carbons (Fsp3) is 0.882. The summed E-state index contributed by atoms with van der Waals surface area (Å²) < 4.78 is 83.2. The molecule has 6 unspecified atom stereocenters. The number of aliphatic hydroxyl groups is 2. The number of ether oxygens (including phenoxy) is 6. The molecule has 1 saturated heterocycles. The van der Waals surface area contributed by atoms with Crippen molar-refractivity contribution in [2.45, 2.75) is 418 Å². The minimum Gasteiger partial charge on any atom is -0.462 e. The van der Waals surface area contributed by atoms with Crippen LogP contribution in [0.15, 0.2) is 24.3 Å². The second-order valence-corrected chi connectivity index (χ2v) is 34.0. The number of hydrogen-bond acceptors (Lipinski definition) is 20. The Morgan fingerprint density at radius 1 is 0.389 bits per heavy atom. The molecule has 113 heavy (non-hydrogen) atoms. The van der Waals surface area contributed by atoms with E-state index >= 15 is 0 Å². The molecule has 0 saturated carbocycles. The zero-order valence-corrected chi connectivity index (χ0v) is 73.3. The number of phosphoric acid groups is 2. The van der Waals surface area contributed by atoms with Crippen LogP contribution in [-0.2, 0) is 84.4 Å². The number of unbranched alkanes of at least 4 members (excludes halogenated alkanes) is 30. The van der Waals surface area contributed by atoms with Crippen LogP contribution in [0.3, 0.4) is 0 Å². The van der Waals surface area contributed by atoms with Crippen molar-refractivity contribution in [1.82, 2.24) is 21.3 Å². The number of allylic oxidation sites excluding steroid dienone is 4. The van der Waals surface area contributed by atoms with Crippen LogP contribution in [0, 0.1) is 0 Å². The highest BCUT2D eigenvalue weighted by Gasteiger charge is 2.49. The summed E-state index contributed by atoms with van der Waals surface area (Å²) in [5, 5.41) is 32.0. The van der Waals surface area contributed by atoms with E-state index in [1.165, 1.54) is 78.1 Å². The van der Waals surface area contributed by atoms with Crippen molar-refractivity contribution in [1.29, 1.82) is 0 Å². The van der Waals surface area contributed by atoms with Crippen LogP contribution in [-0.4, -0.2) is 176 Å². The molecule has 4 amide bonds. The van der Waals surface area contributed by atoms with Gasteiger partial charge in [-0.15, -0.1) is 0 Å². The standard InChI is InChI=1S/C85H160N4O22P2/c1-9-15-21-27-30-33-36-42-48-54-76(109-80(95)56-50-44-38-35-32-29-23-17-11-3)66-78(93)89-72(68-103-62-58-74(91)52-46-40-25-19-13-5)70-107-113(100,101)105-64-60-87-84(97)82-81(110-85(7,8)111-82)83(96)86-59-63-104-112(98,99)106-69-71(67-102-61-57-73(90)51-45-39-24-18-12-4)88-77(92)65-75(53-47-41-26-20-14-6)108-79(94)55-49-43-37-34-31-28-22-16-10-2/h34-35,37-38,71-76,81-82,90-91H,9-33,36,39-70H2,1-8H3,(H,86,96)(H,87,97)(H,88,92)(H,89,93)(H,98,99)(H,100,101)/b37-34+,38-35+/t71?,72?,73-,74-,75-,76-,81?,82?/m1/s1. The number of aliphatic hydroxyl groups excluding tert-OH is 2. The van der Waals surface area contributed by atoms with E-state index < -0.39 is 126 Å². The Balaban J connectivity index is 3.08. The number of phosphoric ester groups is 2. The molecule has 10 atom stereocenters. The highest BCUT2D eigenvalue weighted by molar-refractivity contribution is 7.47. The lowest BCUT2D eigenvalue weighted by atomic mass is 10.0. The maximum atomic E-state index is 13.9. The van der Waals surface area contributed by atoms with Gasteiger partial charge in [0, 0.05) is 39.1 Å². The van der Waals surface area contributed by atoms with Gasteiger partial charge in [-0.1, -0.05) is 246 Å². The Hall–Kier alpha value is -3.72. The molecule has 0 spiro atoms. The van der Waals surface area contributed by atoms with Gasteiger partial charge in [0.15, 0.2) is 18.0 Å². The number of rotatable bonds is 80. The molecule has 0 aromatic heterocycles. The van der Waals surface area contributed by atoms with Gasteiger partial charge in [-0.05, 0) is 117 Å². The zero-order valence-electron chi connectivity index (χ0n) is 71.5. The van der Waals surface area contributed by atoms with Crippen LogP contribution in [0.4, 0.5) is 0 Å². The number of amides is 4. The summed E-state index contributed by atoms with van der Waals surface area (Å²) in [4.78, 5) is 103.